The topological polar surface area (TPSA) is 89.7 Å². The second-order valence-electron chi connectivity index (χ2n) is 7.26. The molecule has 0 radical (unpaired) electrons. The van der Waals surface area contributed by atoms with Crippen LogP contribution in [-0.4, -0.2) is 61.3 Å². The third-order valence-corrected chi connectivity index (χ3v) is 5.36. The fourth-order valence-corrected chi connectivity index (χ4v) is 3.79. The third kappa shape index (κ3) is 7.04. The van der Waals surface area contributed by atoms with Gasteiger partial charge in [-0.15, -0.1) is 24.8 Å². The van der Waals surface area contributed by atoms with E-state index >= 15 is 0 Å². The van der Waals surface area contributed by atoms with Gasteiger partial charge in [-0.05, 0) is 31.2 Å². The second-order valence-corrected chi connectivity index (χ2v) is 7.26. The van der Waals surface area contributed by atoms with E-state index in [1.165, 1.54) is 0 Å². The minimum absolute atomic E-state index is 0. The monoisotopic (exact) mass is 434 g/mol. The van der Waals surface area contributed by atoms with Crippen LogP contribution in [0.3, 0.4) is 0 Å². The first-order valence-electron chi connectivity index (χ1n) is 9.49. The van der Waals surface area contributed by atoms with Crippen molar-refractivity contribution >= 4 is 30.7 Å². The van der Waals surface area contributed by atoms with Crippen LogP contribution in [0.1, 0.15) is 31.2 Å². The van der Waals surface area contributed by atoms with Crippen LogP contribution in [0.4, 0.5) is 0 Å². The van der Waals surface area contributed by atoms with Crippen LogP contribution in [-0.2, 0) is 16.1 Å². The van der Waals surface area contributed by atoms with Crippen molar-refractivity contribution in [3.8, 4) is 5.88 Å². The van der Waals surface area contributed by atoms with E-state index < -0.39 is 0 Å². The normalized spacial score (nSPS) is 23.6. The van der Waals surface area contributed by atoms with Crippen LogP contribution >= 0.6 is 24.8 Å². The van der Waals surface area contributed by atoms with Gasteiger partial charge in [0.05, 0.1) is 13.0 Å². The molecule has 1 aromatic heterocycles. The molecule has 9 heteroatoms. The van der Waals surface area contributed by atoms with E-state index in [2.05, 4.69) is 15.2 Å². The summed E-state index contributed by atoms with van der Waals surface area (Å²) in [7, 11) is 1.59. The largest absolute Gasteiger partial charge is 0.481 e. The molecular weight excluding hydrogens is 403 g/mol. The first-order chi connectivity index (χ1) is 12.7. The van der Waals surface area contributed by atoms with Gasteiger partial charge < -0.3 is 20.5 Å². The number of amides is 1. The lowest BCUT2D eigenvalue weighted by Crippen LogP contribution is -2.47. The van der Waals surface area contributed by atoms with E-state index in [-0.39, 0.29) is 42.7 Å². The summed E-state index contributed by atoms with van der Waals surface area (Å²) in [5.41, 5.74) is 7.23. The molecule has 3 heterocycles. The molecule has 3 rings (SSSR count). The van der Waals surface area contributed by atoms with Gasteiger partial charge in [0, 0.05) is 57.2 Å². The zero-order valence-corrected chi connectivity index (χ0v) is 18.0. The van der Waals surface area contributed by atoms with Gasteiger partial charge in [0.2, 0.25) is 11.8 Å². The molecule has 0 spiro atoms. The molecule has 0 bridgehead atoms. The molecule has 1 aromatic rings. The first kappa shape index (κ1) is 24.9. The number of likely N-dealkylation sites (tertiary alicyclic amines) is 1. The van der Waals surface area contributed by atoms with Crippen LogP contribution in [0.15, 0.2) is 18.3 Å². The number of carbonyl (C=O) groups excluding carboxylic acids is 1. The zero-order valence-electron chi connectivity index (χ0n) is 16.3. The number of pyridine rings is 1. The number of nitrogens with two attached hydrogens (primary N) is 1. The lowest BCUT2D eigenvalue weighted by molar-refractivity contribution is -0.126. The third-order valence-electron chi connectivity index (χ3n) is 5.36. The number of nitrogens with one attached hydrogen (secondary N) is 1. The van der Waals surface area contributed by atoms with E-state index in [4.69, 9.17) is 15.2 Å². The van der Waals surface area contributed by atoms with Crippen molar-refractivity contribution in [1.29, 1.82) is 0 Å². The predicted molar refractivity (Wildman–Crippen MR) is 113 cm³/mol. The molecule has 0 aromatic carbocycles. The molecule has 1 amide bonds. The van der Waals surface area contributed by atoms with Crippen LogP contribution in [0, 0.1) is 5.92 Å². The highest BCUT2D eigenvalue weighted by Gasteiger charge is 2.31. The van der Waals surface area contributed by atoms with Crippen molar-refractivity contribution in [2.24, 2.45) is 11.7 Å². The Balaban J connectivity index is 0.00000196. The Morgan fingerprint density at radius 2 is 2.00 bits per heavy atom. The van der Waals surface area contributed by atoms with Crippen LogP contribution in [0.2, 0.25) is 0 Å². The average molecular weight is 435 g/mol. The number of nitrogens with zero attached hydrogens (tertiary/aromatic N) is 2. The number of ether oxygens (including phenoxy) is 2. The molecular formula is C19H32Cl2N4O3. The fourth-order valence-electron chi connectivity index (χ4n) is 3.79. The number of carbonyl (C=O) groups is 1. The zero-order chi connectivity index (χ0) is 18.4. The summed E-state index contributed by atoms with van der Waals surface area (Å²) < 4.78 is 10.5. The summed E-state index contributed by atoms with van der Waals surface area (Å²) in [5.74, 6) is 0.662. The standard InChI is InChI=1S/C19H30N4O3.2ClH/c1-25-18-5-2-14(10-21-18)11-22-19(24)15-3-4-16(20)13-23(12-15)17-6-8-26-9-7-17;;/h2,5,10,15-17H,3-4,6-9,11-13,20H2,1H3,(H,22,24);2*1H/t15-,16+;;/m1../s1. The van der Waals surface area contributed by atoms with Crippen LogP contribution in [0.5, 0.6) is 5.88 Å². The summed E-state index contributed by atoms with van der Waals surface area (Å²) in [6.07, 6.45) is 5.52. The van der Waals surface area contributed by atoms with E-state index in [9.17, 15) is 4.79 Å². The Hall–Kier alpha value is -1.12. The molecule has 7 nitrogen and oxygen atoms in total. The number of aromatic nitrogens is 1. The lowest BCUT2D eigenvalue weighted by Gasteiger charge is -2.35. The van der Waals surface area contributed by atoms with Crippen LogP contribution in [0.25, 0.3) is 0 Å². The lowest BCUT2D eigenvalue weighted by atomic mass is 10.0. The Bertz CT molecular complexity index is 585. The Morgan fingerprint density at radius 1 is 1.25 bits per heavy atom. The second kappa shape index (κ2) is 12.4. The highest BCUT2D eigenvalue weighted by molar-refractivity contribution is 5.85. The van der Waals surface area contributed by atoms with Gasteiger partial charge in [0.1, 0.15) is 0 Å². The first-order valence-corrected chi connectivity index (χ1v) is 9.49. The van der Waals surface area contributed by atoms with Gasteiger partial charge in [0.15, 0.2) is 0 Å². The van der Waals surface area contributed by atoms with Crippen molar-refractivity contribution < 1.29 is 14.3 Å². The highest BCUT2D eigenvalue weighted by atomic mass is 35.5. The Kier molecular flexibility index (Phi) is 11.1. The van der Waals surface area contributed by atoms with Crippen molar-refractivity contribution in [2.75, 3.05) is 33.4 Å². The number of halogens is 2. The summed E-state index contributed by atoms with van der Waals surface area (Å²) in [6, 6.07) is 4.35. The van der Waals surface area contributed by atoms with E-state index in [1.807, 2.05) is 6.07 Å². The number of hydrogen-bond acceptors (Lipinski definition) is 6. The van der Waals surface area contributed by atoms with Crippen molar-refractivity contribution in [3.63, 3.8) is 0 Å². The smallest absolute Gasteiger partial charge is 0.224 e. The molecule has 0 unspecified atom stereocenters. The quantitative estimate of drug-likeness (QED) is 0.733. The minimum atomic E-state index is -0.0161. The molecule has 2 fully saturated rings. The van der Waals surface area contributed by atoms with Crippen molar-refractivity contribution in [3.05, 3.63) is 23.9 Å². The molecule has 0 saturated carbocycles. The van der Waals surface area contributed by atoms with Gasteiger partial charge in [-0.2, -0.15) is 0 Å². The summed E-state index contributed by atoms with van der Waals surface area (Å²) in [5, 5.41) is 3.06. The van der Waals surface area contributed by atoms with Crippen molar-refractivity contribution in [2.45, 2.75) is 44.3 Å². The molecule has 3 N–H and O–H groups in total. The SMILES string of the molecule is COc1ccc(CNC(=O)[C@@H]2CC[C@H](N)CN(C3CCOCC3)C2)cn1.Cl.Cl. The van der Waals surface area contributed by atoms with E-state index in [0.717, 1.165) is 57.6 Å². The molecule has 2 aliphatic heterocycles. The summed E-state index contributed by atoms with van der Waals surface area (Å²) in [6.45, 7) is 3.74. The number of hydrogen-bond donors (Lipinski definition) is 2. The van der Waals surface area contributed by atoms with Gasteiger partial charge in [-0.1, -0.05) is 6.07 Å². The Labute approximate surface area is 179 Å². The van der Waals surface area contributed by atoms with Gasteiger partial charge in [0.25, 0.3) is 0 Å². The molecule has 2 saturated heterocycles. The fraction of sp³-hybridized carbons (Fsp3) is 0.684. The molecule has 28 heavy (non-hydrogen) atoms. The van der Waals surface area contributed by atoms with Gasteiger partial charge >= 0.3 is 0 Å². The number of rotatable bonds is 5. The molecule has 2 aliphatic rings. The highest BCUT2D eigenvalue weighted by Crippen LogP contribution is 2.22. The van der Waals surface area contributed by atoms with E-state index in [0.29, 0.717) is 18.5 Å². The summed E-state index contributed by atoms with van der Waals surface area (Å²) in [4.78, 5) is 19.3. The molecule has 0 aliphatic carbocycles. The minimum Gasteiger partial charge on any atom is -0.481 e. The van der Waals surface area contributed by atoms with Gasteiger partial charge in [-0.25, -0.2) is 4.98 Å². The van der Waals surface area contributed by atoms with Crippen molar-refractivity contribution in [1.82, 2.24) is 15.2 Å². The van der Waals surface area contributed by atoms with Crippen LogP contribution < -0.4 is 15.8 Å². The Morgan fingerprint density at radius 3 is 2.64 bits per heavy atom. The average Bonchev–Trinajstić information content (AvgIpc) is 2.89. The molecule has 2 atom stereocenters. The maximum absolute atomic E-state index is 12.7. The number of methoxy groups -OCH3 is 1. The summed E-state index contributed by atoms with van der Waals surface area (Å²) >= 11 is 0. The maximum atomic E-state index is 12.7. The predicted octanol–water partition coefficient (Wildman–Crippen LogP) is 1.77. The molecule has 160 valence electrons. The van der Waals surface area contributed by atoms with Gasteiger partial charge in [-0.3, -0.25) is 9.69 Å². The van der Waals surface area contributed by atoms with E-state index in [1.54, 1.807) is 19.4 Å². The maximum Gasteiger partial charge on any atom is 0.224 e.